The fourth-order valence-electron chi connectivity index (χ4n) is 3.38. The van der Waals surface area contributed by atoms with E-state index in [2.05, 4.69) is 4.72 Å². The number of nitro benzene ring substituents is 1. The second kappa shape index (κ2) is 10.6. The summed E-state index contributed by atoms with van der Waals surface area (Å²) in [6.07, 6.45) is 1.85. The van der Waals surface area contributed by atoms with Crippen molar-refractivity contribution in [3.8, 4) is 0 Å². The monoisotopic (exact) mass is 475 g/mol. The molecule has 1 N–H and O–H groups in total. The normalized spacial score (nSPS) is 20.4. The van der Waals surface area contributed by atoms with Gasteiger partial charge in [-0.3, -0.25) is 15.0 Å². The van der Waals surface area contributed by atoms with Crippen molar-refractivity contribution < 1.29 is 27.6 Å². The Bertz CT molecular complexity index is 1100. The molecule has 0 bridgehead atoms. The molecule has 2 aromatic carbocycles. The third kappa shape index (κ3) is 5.95. The summed E-state index contributed by atoms with van der Waals surface area (Å²) in [5.74, 6) is 0. The van der Waals surface area contributed by atoms with E-state index in [1.54, 1.807) is 26.0 Å². The van der Waals surface area contributed by atoms with Crippen molar-refractivity contribution in [2.75, 3.05) is 6.61 Å². The van der Waals surface area contributed by atoms with Crippen molar-refractivity contribution >= 4 is 21.8 Å². The van der Waals surface area contributed by atoms with Gasteiger partial charge in [0.1, 0.15) is 6.61 Å². The van der Waals surface area contributed by atoms with Crippen LogP contribution in [-0.2, 0) is 26.1 Å². The smallest absolute Gasteiger partial charge is 0.412 e. The maximum Gasteiger partial charge on any atom is 0.412 e. The van der Waals surface area contributed by atoms with Gasteiger partial charge in [0.05, 0.1) is 21.9 Å². The Labute approximate surface area is 192 Å². The molecule has 176 valence electrons. The number of carbonyl (C=O) groups excluding carboxylic acids is 1. The number of hydrogen-bond donors (Lipinski definition) is 1. The van der Waals surface area contributed by atoms with Gasteiger partial charge in [0.15, 0.2) is 6.23 Å². The van der Waals surface area contributed by atoms with E-state index >= 15 is 0 Å². The van der Waals surface area contributed by atoms with Gasteiger partial charge < -0.3 is 9.47 Å². The highest BCUT2D eigenvalue weighted by Gasteiger charge is 2.37. The molecule has 11 heteroatoms. The number of sulfonamides is 1. The summed E-state index contributed by atoms with van der Waals surface area (Å²) in [7, 11) is -4.01. The van der Waals surface area contributed by atoms with Gasteiger partial charge >= 0.3 is 6.09 Å². The molecule has 0 spiro atoms. The van der Waals surface area contributed by atoms with Crippen LogP contribution in [0.1, 0.15) is 19.4 Å². The first-order valence-electron chi connectivity index (χ1n) is 10.3. The quantitative estimate of drug-likeness (QED) is 0.353. The number of nitro groups is 1. The molecule has 0 fully saturated rings. The summed E-state index contributed by atoms with van der Waals surface area (Å²) in [5, 5.41) is 10.8. The van der Waals surface area contributed by atoms with Crippen molar-refractivity contribution in [1.82, 2.24) is 9.62 Å². The van der Waals surface area contributed by atoms with E-state index < -0.39 is 39.4 Å². The fraction of sp³-hybridized carbons (Fsp3) is 0.318. The average Bonchev–Trinajstić information content (AvgIpc) is 2.80. The molecule has 2 aromatic rings. The van der Waals surface area contributed by atoms with Crippen LogP contribution in [0.2, 0.25) is 0 Å². The van der Waals surface area contributed by atoms with Crippen molar-refractivity contribution in [3.05, 3.63) is 82.4 Å². The zero-order chi connectivity index (χ0) is 24.0. The Morgan fingerprint density at radius 1 is 1.12 bits per heavy atom. The van der Waals surface area contributed by atoms with Crippen molar-refractivity contribution in [2.24, 2.45) is 0 Å². The van der Waals surface area contributed by atoms with Gasteiger partial charge in [-0.2, -0.15) is 0 Å². The van der Waals surface area contributed by atoms with Crippen LogP contribution in [0.25, 0.3) is 0 Å². The van der Waals surface area contributed by atoms with Gasteiger partial charge in [-0.15, -0.1) is 0 Å². The maximum absolute atomic E-state index is 12.9. The number of hydrogen-bond acceptors (Lipinski definition) is 7. The van der Waals surface area contributed by atoms with Crippen molar-refractivity contribution in [2.45, 2.75) is 43.7 Å². The summed E-state index contributed by atoms with van der Waals surface area (Å²) in [6.45, 7) is 3.87. The average molecular weight is 476 g/mol. The lowest BCUT2D eigenvalue weighted by Crippen LogP contribution is -2.57. The molecule has 1 amide bonds. The molecule has 10 nitrogen and oxygen atoms in total. The lowest BCUT2D eigenvalue weighted by Gasteiger charge is -2.40. The van der Waals surface area contributed by atoms with Crippen LogP contribution in [0.3, 0.4) is 0 Å². The van der Waals surface area contributed by atoms with E-state index in [-0.39, 0.29) is 17.2 Å². The molecular weight excluding hydrogens is 450 g/mol. The van der Waals surface area contributed by atoms with E-state index in [9.17, 15) is 23.3 Å². The Kier molecular flexibility index (Phi) is 7.79. The number of benzene rings is 2. The molecule has 33 heavy (non-hydrogen) atoms. The van der Waals surface area contributed by atoms with Crippen LogP contribution in [0.15, 0.2) is 71.6 Å². The molecule has 0 saturated carbocycles. The fourth-order valence-corrected chi connectivity index (χ4v) is 4.64. The summed E-state index contributed by atoms with van der Waals surface area (Å²) in [5.41, 5.74) is 0.598. The molecule has 0 aliphatic carbocycles. The molecule has 0 aromatic heterocycles. The van der Waals surface area contributed by atoms with Crippen LogP contribution in [-0.4, -0.2) is 49.3 Å². The number of nitrogens with one attached hydrogen (secondary N) is 1. The first kappa shape index (κ1) is 24.4. The van der Waals surface area contributed by atoms with Gasteiger partial charge in [-0.05, 0) is 37.6 Å². The topological polar surface area (TPSA) is 128 Å². The number of ether oxygens (including phenoxy) is 2. The first-order chi connectivity index (χ1) is 15.7. The second-order valence-corrected chi connectivity index (χ2v) is 9.03. The maximum atomic E-state index is 12.9. The third-order valence-corrected chi connectivity index (χ3v) is 6.59. The van der Waals surface area contributed by atoms with Crippen molar-refractivity contribution in [3.63, 3.8) is 0 Å². The summed E-state index contributed by atoms with van der Waals surface area (Å²) in [4.78, 5) is 24.3. The Hall–Kier alpha value is -3.28. The number of carbonyl (C=O) groups is 1. The Balaban J connectivity index is 1.76. The molecule has 3 rings (SSSR count). The van der Waals surface area contributed by atoms with Gasteiger partial charge in [-0.25, -0.2) is 17.9 Å². The van der Waals surface area contributed by atoms with Gasteiger partial charge in [-0.1, -0.05) is 36.4 Å². The van der Waals surface area contributed by atoms with Crippen LogP contribution >= 0.6 is 0 Å². The predicted molar refractivity (Wildman–Crippen MR) is 120 cm³/mol. The summed E-state index contributed by atoms with van der Waals surface area (Å²) < 4.78 is 39.3. The number of nitrogens with zero attached hydrogens (tertiary/aromatic N) is 2. The van der Waals surface area contributed by atoms with Crippen LogP contribution in [0.4, 0.5) is 10.5 Å². The van der Waals surface area contributed by atoms with Crippen LogP contribution in [0.5, 0.6) is 0 Å². The number of rotatable bonds is 8. The molecule has 3 atom stereocenters. The predicted octanol–water partition coefficient (Wildman–Crippen LogP) is 3.20. The molecular formula is C22H25N3O7S. The standard InChI is InChI=1S/C22H25N3O7S/c1-3-31-21-14-13-20(23-33(29,30)19-11-9-18(10-12-19)25(27)28)16(2)24(21)22(26)32-15-17-7-5-4-6-8-17/h4-14,16,20-21,23H,3,15H2,1-2H3/t16-,20+,21-/m1/s1. The highest BCUT2D eigenvalue weighted by atomic mass is 32.2. The van der Waals surface area contributed by atoms with Crippen molar-refractivity contribution in [1.29, 1.82) is 0 Å². The Morgan fingerprint density at radius 2 is 1.79 bits per heavy atom. The van der Waals surface area contributed by atoms with Gasteiger partial charge in [0.2, 0.25) is 10.0 Å². The van der Waals surface area contributed by atoms with Gasteiger partial charge in [0.25, 0.3) is 5.69 Å². The minimum atomic E-state index is -4.01. The highest BCUT2D eigenvalue weighted by Crippen LogP contribution is 2.23. The number of non-ortho nitro benzene ring substituents is 1. The van der Waals surface area contributed by atoms with E-state index in [0.717, 1.165) is 29.8 Å². The molecule has 1 heterocycles. The van der Waals surface area contributed by atoms with E-state index in [4.69, 9.17) is 9.47 Å². The van der Waals surface area contributed by atoms with Crippen LogP contribution in [0, 0.1) is 10.1 Å². The molecule has 0 radical (unpaired) electrons. The summed E-state index contributed by atoms with van der Waals surface area (Å²) >= 11 is 0. The third-order valence-electron chi connectivity index (χ3n) is 5.12. The largest absolute Gasteiger partial charge is 0.444 e. The minimum Gasteiger partial charge on any atom is -0.444 e. The van der Waals surface area contributed by atoms with E-state index in [1.165, 1.54) is 4.90 Å². The lowest BCUT2D eigenvalue weighted by atomic mass is 10.0. The van der Waals surface area contributed by atoms with Crippen LogP contribution < -0.4 is 4.72 Å². The van der Waals surface area contributed by atoms with Gasteiger partial charge in [0, 0.05) is 18.7 Å². The molecule has 0 unspecified atom stereocenters. The zero-order valence-electron chi connectivity index (χ0n) is 18.2. The molecule has 1 aliphatic heterocycles. The van der Waals surface area contributed by atoms with E-state index in [0.29, 0.717) is 6.61 Å². The highest BCUT2D eigenvalue weighted by molar-refractivity contribution is 7.89. The zero-order valence-corrected chi connectivity index (χ0v) is 19.0. The summed E-state index contributed by atoms with van der Waals surface area (Å²) in [6, 6.07) is 12.3. The van der Waals surface area contributed by atoms with E-state index in [1.807, 2.05) is 30.3 Å². The lowest BCUT2D eigenvalue weighted by molar-refractivity contribution is -0.384. The minimum absolute atomic E-state index is 0.0602. The Morgan fingerprint density at radius 3 is 2.39 bits per heavy atom. The number of amides is 1. The first-order valence-corrected chi connectivity index (χ1v) is 11.8. The SMILES string of the molecule is CCO[C@@H]1C=C[C@H](NS(=O)(=O)c2ccc([N+](=O)[O-])cc2)[C@@H](C)N1C(=O)OCc1ccccc1. The second-order valence-electron chi connectivity index (χ2n) is 7.32. The molecule has 1 aliphatic rings. The molecule has 0 saturated heterocycles.